The molecule has 1 aliphatic rings. The minimum Gasteiger partial charge on any atom is -0.299 e. The quantitative estimate of drug-likeness (QED) is 0.494. The van der Waals surface area contributed by atoms with Crippen LogP contribution < -0.4 is 4.90 Å². The van der Waals surface area contributed by atoms with Crippen molar-refractivity contribution < 1.29 is 9.59 Å². The monoisotopic (exact) mass is 313 g/mol. The van der Waals surface area contributed by atoms with Crippen molar-refractivity contribution in [1.29, 1.82) is 0 Å². The summed E-state index contributed by atoms with van der Waals surface area (Å²) in [4.78, 5) is 35.1. The Morgan fingerprint density at radius 1 is 1.23 bits per heavy atom. The van der Waals surface area contributed by atoms with Crippen LogP contribution in [0.25, 0.3) is 0 Å². The van der Waals surface area contributed by atoms with E-state index in [0.717, 1.165) is 5.56 Å². The van der Waals surface area contributed by atoms with Gasteiger partial charge in [-0.2, -0.15) is 0 Å². The number of thioether (sulfide) groups is 1. The number of amides is 1. The third-order valence-corrected chi connectivity index (χ3v) is 4.30. The number of carbonyl (C=O) groups excluding carboxylic acids is 2. The van der Waals surface area contributed by atoms with Crippen molar-refractivity contribution in [1.82, 2.24) is 9.97 Å². The number of nitrogens with zero attached hydrogens (tertiary/aromatic N) is 3. The topological polar surface area (TPSA) is 63.2 Å². The number of fused-ring (bicyclic) bond motifs is 1. The van der Waals surface area contributed by atoms with Crippen molar-refractivity contribution >= 4 is 29.3 Å². The molecule has 0 radical (unpaired) electrons. The lowest BCUT2D eigenvalue weighted by Crippen LogP contribution is -2.44. The lowest BCUT2D eigenvalue weighted by atomic mass is 9.88. The molecule has 0 N–H and O–H groups in total. The Hall–Kier alpha value is -2.21. The van der Waals surface area contributed by atoms with Crippen molar-refractivity contribution in [2.24, 2.45) is 5.92 Å². The van der Waals surface area contributed by atoms with Crippen LogP contribution in [0.3, 0.4) is 0 Å². The van der Waals surface area contributed by atoms with Crippen LogP contribution in [-0.4, -0.2) is 35.0 Å². The van der Waals surface area contributed by atoms with Gasteiger partial charge in [-0.3, -0.25) is 14.5 Å². The SMILES string of the molecule is CSc1ncc2c(n1)N(C)C(=O)C(Cc1ccccc1)C2=O. The normalized spacial score (nSPS) is 17.5. The summed E-state index contributed by atoms with van der Waals surface area (Å²) in [5, 5.41) is 0.549. The summed E-state index contributed by atoms with van der Waals surface area (Å²) in [6.45, 7) is 0. The van der Waals surface area contributed by atoms with Crippen LogP contribution in [0.4, 0.5) is 5.82 Å². The van der Waals surface area contributed by atoms with Gasteiger partial charge in [-0.05, 0) is 18.2 Å². The third kappa shape index (κ3) is 2.50. The Morgan fingerprint density at radius 2 is 1.95 bits per heavy atom. The molecule has 1 aromatic heterocycles. The van der Waals surface area contributed by atoms with Crippen molar-refractivity contribution in [3.05, 3.63) is 47.7 Å². The van der Waals surface area contributed by atoms with E-state index in [2.05, 4.69) is 9.97 Å². The predicted molar refractivity (Wildman–Crippen MR) is 85.2 cm³/mol. The summed E-state index contributed by atoms with van der Waals surface area (Å²) in [5.41, 5.74) is 1.38. The standard InChI is InChI=1S/C16H15N3O2S/c1-19-14-12(9-17-16(18-14)22-2)13(20)11(15(19)21)8-10-6-4-3-5-7-10/h3-7,9,11H,8H2,1-2H3. The second kappa shape index (κ2) is 5.88. The summed E-state index contributed by atoms with van der Waals surface area (Å²) >= 11 is 1.38. The van der Waals surface area contributed by atoms with Crippen LogP contribution in [-0.2, 0) is 11.2 Å². The van der Waals surface area contributed by atoms with Crippen molar-refractivity contribution in [2.75, 3.05) is 18.2 Å². The van der Waals surface area contributed by atoms with E-state index in [4.69, 9.17) is 0 Å². The average molecular weight is 313 g/mol. The molecule has 0 spiro atoms. The molecule has 0 saturated heterocycles. The zero-order chi connectivity index (χ0) is 15.7. The van der Waals surface area contributed by atoms with Crippen molar-refractivity contribution in [3.8, 4) is 0 Å². The van der Waals surface area contributed by atoms with Crippen LogP contribution in [0.2, 0.25) is 0 Å². The molecule has 0 aliphatic carbocycles. The molecule has 2 heterocycles. The number of benzene rings is 1. The Morgan fingerprint density at radius 3 is 2.64 bits per heavy atom. The van der Waals surface area contributed by atoms with E-state index in [1.165, 1.54) is 22.9 Å². The number of anilines is 1. The zero-order valence-corrected chi connectivity index (χ0v) is 13.1. The molecule has 1 aromatic carbocycles. The molecule has 22 heavy (non-hydrogen) atoms. The van der Waals surface area contributed by atoms with E-state index in [1.54, 1.807) is 7.05 Å². The van der Waals surface area contributed by atoms with Gasteiger partial charge >= 0.3 is 0 Å². The van der Waals surface area contributed by atoms with E-state index in [9.17, 15) is 9.59 Å². The fourth-order valence-corrected chi connectivity index (χ4v) is 2.89. The van der Waals surface area contributed by atoms with Gasteiger partial charge in [0.25, 0.3) is 0 Å². The number of hydrogen-bond donors (Lipinski definition) is 0. The summed E-state index contributed by atoms with van der Waals surface area (Å²) in [7, 11) is 1.66. The van der Waals surface area contributed by atoms with Gasteiger partial charge in [0.05, 0.1) is 5.56 Å². The molecule has 5 nitrogen and oxygen atoms in total. The molecule has 1 unspecified atom stereocenters. The Labute approximate surface area is 132 Å². The maximum atomic E-state index is 12.6. The zero-order valence-electron chi connectivity index (χ0n) is 12.3. The van der Waals surface area contributed by atoms with Crippen LogP contribution >= 0.6 is 11.8 Å². The summed E-state index contributed by atoms with van der Waals surface area (Å²) < 4.78 is 0. The van der Waals surface area contributed by atoms with Crippen LogP contribution in [0.1, 0.15) is 15.9 Å². The maximum absolute atomic E-state index is 12.6. The fourth-order valence-electron chi connectivity index (χ4n) is 2.55. The lowest BCUT2D eigenvalue weighted by Gasteiger charge is -2.29. The number of rotatable bonds is 3. The first-order chi connectivity index (χ1) is 10.6. The van der Waals surface area contributed by atoms with Gasteiger partial charge in [-0.15, -0.1) is 0 Å². The molecule has 0 saturated carbocycles. The lowest BCUT2D eigenvalue weighted by molar-refractivity contribution is -0.121. The smallest absolute Gasteiger partial charge is 0.239 e. The molecule has 1 aliphatic heterocycles. The number of hydrogen-bond acceptors (Lipinski definition) is 5. The molecular formula is C16H15N3O2S. The summed E-state index contributed by atoms with van der Waals surface area (Å²) in [5.74, 6) is -0.719. The number of aromatic nitrogens is 2. The fraction of sp³-hybridized carbons (Fsp3) is 0.250. The highest BCUT2D eigenvalue weighted by molar-refractivity contribution is 7.98. The summed E-state index contributed by atoms with van der Waals surface area (Å²) in [6.07, 6.45) is 3.77. The van der Waals surface area contributed by atoms with Crippen LogP contribution in [0, 0.1) is 5.92 Å². The first kappa shape index (κ1) is 14.7. The highest BCUT2D eigenvalue weighted by Gasteiger charge is 2.39. The minimum atomic E-state index is -0.705. The molecule has 6 heteroatoms. The maximum Gasteiger partial charge on any atom is 0.239 e. The van der Waals surface area contributed by atoms with Gasteiger partial charge in [-0.1, -0.05) is 42.1 Å². The van der Waals surface area contributed by atoms with E-state index in [1.807, 2.05) is 36.6 Å². The van der Waals surface area contributed by atoms with Gasteiger partial charge in [-0.25, -0.2) is 9.97 Å². The van der Waals surface area contributed by atoms with Crippen LogP contribution in [0.15, 0.2) is 41.7 Å². The van der Waals surface area contributed by atoms with Gasteiger partial charge in [0, 0.05) is 13.2 Å². The first-order valence-corrected chi connectivity index (χ1v) is 8.11. The van der Waals surface area contributed by atoms with Gasteiger partial charge in [0.15, 0.2) is 16.8 Å². The Kier molecular flexibility index (Phi) is 3.94. The molecule has 0 fully saturated rings. The van der Waals surface area contributed by atoms with Gasteiger partial charge in [0.2, 0.25) is 5.91 Å². The molecule has 0 bridgehead atoms. The molecule has 1 atom stereocenters. The molecular weight excluding hydrogens is 298 g/mol. The second-order valence-corrected chi connectivity index (χ2v) is 5.87. The average Bonchev–Trinajstić information content (AvgIpc) is 2.57. The van der Waals surface area contributed by atoms with E-state index < -0.39 is 5.92 Å². The largest absolute Gasteiger partial charge is 0.299 e. The Balaban J connectivity index is 1.98. The Bertz CT molecular complexity index is 733. The first-order valence-electron chi connectivity index (χ1n) is 6.88. The van der Waals surface area contributed by atoms with E-state index >= 15 is 0 Å². The predicted octanol–water partition coefficient (Wildman–Crippen LogP) is 2.22. The minimum absolute atomic E-state index is 0.199. The van der Waals surface area contributed by atoms with E-state index in [0.29, 0.717) is 23.0 Å². The van der Waals surface area contributed by atoms with Crippen molar-refractivity contribution in [2.45, 2.75) is 11.6 Å². The highest BCUT2D eigenvalue weighted by Crippen LogP contribution is 2.30. The van der Waals surface area contributed by atoms with Gasteiger partial charge in [0.1, 0.15) is 5.92 Å². The van der Waals surface area contributed by atoms with Crippen molar-refractivity contribution in [3.63, 3.8) is 0 Å². The third-order valence-electron chi connectivity index (χ3n) is 3.74. The molecule has 3 rings (SSSR count). The summed E-state index contributed by atoms with van der Waals surface area (Å²) in [6, 6.07) is 9.55. The van der Waals surface area contributed by atoms with Gasteiger partial charge < -0.3 is 0 Å². The number of Topliss-reactive ketones (excluding diaryl/α,β-unsaturated/α-hetero) is 1. The number of ketones is 1. The second-order valence-electron chi connectivity index (χ2n) is 5.10. The molecule has 2 aromatic rings. The molecule has 112 valence electrons. The van der Waals surface area contributed by atoms with E-state index in [-0.39, 0.29) is 11.7 Å². The highest BCUT2D eigenvalue weighted by atomic mass is 32.2. The van der Waals surface area contributed by atoms with Crippen LogP contribution in [0.5, 0.6) is 0 Å². The number of carbonyl (C=O) groups is 2. The molecule has 1 amide bonds.